The van der Waals surface area contributed by atoms with Crippen LogP contribution >= 0.6 is 0 Å². The summed E-state index contributed by atoms with van der Waals surface area (Å²) in [7, 11) is 0. The van der Waals surface area contributed by atoms with Gasteiger partial charge in [0, 0.05) is 52.1 Å². The standard InChI is InChI=1S/C24H20N4O2/c1-14(29)28-24(19-13-25-20-8-4-2-7-17(19)20)30-23(27-28)18-12-22(15-10-11-15)26-21-9-5-3-6-16(18)21/h2-9,12-13,15,24-25H,10-11H2,1H3. The predicted octanol–water partition coefficient (Wildman–Crippen LogP) is 4.83. The number of hydrogen-bond acceptors (Lipinski definition) is 4. The first-order valence-corrected chi connectivity index (χ1v) is 10.2. The number of fused-ring (bicyclic) bond motifs is 2. The number of aromatic nitrogens is 2. The van der Waals surface area contributed by atoms with Gasteiger partial charge in [0.2, 0.25) is 18.0 Å². The Kier molecular flexibility index (Phi) is 3.68. The Hall–Kier alpha value is -3.67. The molecule has 1 N–H and O–H groups in total. The van der Waals surface area contributed by atoms with Crippen LogP contribution in [0.3, 0.4) is 0 Å². The van der Waals surface area contributed by atoms with E-state index >= 15 is 0 Å². The zero-order valence-corrected chi connectivity index (χ0v) is 16.5. The largest absolute Gasteiger partial charge is 0.446 e. The van der Waals surface area contributed by atoms with Crippen molar-refractivity contribution in [1.29, 1.82) is 0 Å². The van der Waals surface area contributed by atoms with Crippen molar-refractivity contribution in [3.8, 4) is 0 Å². The molecule has 0 bridgehead atoms. The Morgan fingerprint density at radius 3 is 2.67 bits per heavy atom. The lowest BCUT2D eigenvalue weighted by Crippen LogP contribution is -2.25. The Balaban J connectivity index is 1.48. The summed E-state index contributed by atoms with van der Waals surface area (Å²) in [4.78, 5) is 20.5. The topological polar surface area (TPSA) is 70.6 Å². The van der Waals surface area contributed by atoms with Crippen molar-refractivity contribution in [2.24, 2.45) is 5.10 Å². The van der Waals surface area contributed by atoms with Crippen LogP contribution in [0.1, 0.15) is 48.7 Å². The summed E-state index contributed by atoms with van der Waals surface area (Å²) in [5.74, 6) is 0.797. The van der Waals surface area contributed by atoms with Crippen LogP contribution in [0.2, 0.25) is 0 Å². The van der Waals surface area contributed by atoms with E-state index in [1.54, 1.807) is 0 Å². The van der Waals surface area contributed by atoms with Crippen LogP contribution in [0.25, 0.3) is 21.8 Å². The number of pyridine rings is 1. The number of rotatable bonds is 3. The highest BCUT2D eigenvalue weighted by Crippen LogP contribution is 2.41. The number of amides is 1. The fourth-order valence-electron chi connectivity index (χ4n) is 4.14. The minimum Gasteiger partial charge on any atom is -0.446 e. The molecule has 4 aromatic rings. The molecule has 1 fully saturated rings. The number of H-pyrrole nitrogens is 1. The second kappa shape index (κ2) is 6.42. The van der Waals surface area contributed by atoms with Gasteiger partial charge in [-0.25, -0.2) is 0 Å². The first-order valence-electron chi connectivity index (χ1n) is 10.2. The summed E-state index contributed by atoms with van der Waals surface area (Å²) in [6.07, 6.45) is 3.61. The zero-order valence-electron chi connectivity index (χ0n) is 16.5. The number of ether oxygens (including phenoxy) is 1. The van der Waals surface area contributed by atoms with Gasteiger partial charge in [-0.1, -0.05) is 36.4 Å². The Morgan fingerprint density at radius 1 is 1.10 bits per heavy atom. The smallest absolute Gasteiger partial charge is 0.243 e. The molecule has 30 heavy (non-hydrogen) atoms. The molecule has 1 amide bonds. The van der Waals surface area contributed by atoms with Gasteiger partial charge in [0.15, 0.2) is 0 Å². The molecule has 3 heterocycles. The molecule has 1 aliphatic carbocycles. The summed E-state index contributed by atoms with van der Waals surface area (Å²) in [5, 5.41) is 8.03. The average molecular weight is 396 g/mol. The number of nitrogens with one attached hydrogen (secondary N) is 1. The van der Waals surface area contributed by atoms with Gasteiger partial charge in [-0.3, -0.25) is 9.78 Å². The quantitative estimate of drug-likeness (QED) is 0.539. The Labute approximate surface area is 173 Å². The van der Waals surface area contributed by atoms with E-state index in [-0.39, 0.29) is 5.91 Å². The molecule has 0 saturated heterocycles. The molecule has 1 unspecified atom stereocenters. The summed E-state index contributed by atoms with van der Waals surface area (Å²) in [6, 6.07) is 18.1. The van der Waals surface area contributed by atoms with Gasteiger partial charge in [0.05, 0.1) is 5.52 Å². The van der Waals surface area contributed by atoms with E-state index < -0.39 is 6.23 Å². The first kappa shape index (κ1) is 17.2. The van der Waals surface area contributed by atoms with Gasteiger partial charge in [-0.2, -0.15) is 5.01 Å². The third-order valence-electron chi connectivity index (χ3n) is 5.82. The first-order chi connectivity index (χ1) is 14.7. The molecule has 0 radical (unpaired) electrons. The van der Waals surface area contributed by atoms with E-state index in [0.29, 0.717) is 11.8 Å². The summed E-state index contributed by atoms with van der Waals surface area (Å²) in [5.41, 5.74) is 4.77. The van der Waals surface area contributed by atoms with Gasteiger partial charge < -0.3 is 9.72 Å². The number of nitrogens with zero attached hydrogens (tertiary/aromatic N) is 3. The van der Waals surface area contributed by atoms with Gasteiger partial charge in [-0.15, -0.1) is 5.10 Å². The highest BCUT2D eigenvalue weighted by molar-refractivity contribution is 6.07. The minimum absolute atomic E-state index is 0.166. The number of hydrogen-bond donors (Lipinski definition) is 1. The van der Waals surface area contributed by atoms with Crippen molar-refractivity contribution >= 4 is 33.6 Å². The number of hydrazone groups is 1. The maximum Gasteiger partial charge on any atom is 0.243 e. The lowest BCUT2D eigenvalue weighted by molar-refractivity contribution is -0.135. The number of benzene rings is 2. The van der Waals surface area contributed by atoms with E-state index in [2.05, 4.69) is 16.2 Å². The minimum atomic E-state index is -0.607. The molecule has 1 saturated carbocycles. The lowest BCUT2D eigenvalue weighted by Gasteiger charge is -2.18. The number of para-hydroxylation sites is 2. The third kappa shape index (κ3) is 2.68. The molecular weight excluding hydrogens is 376 g/mol. The highest BCUT2D eigenvalue weighted by atomic mass is 16.5. The molecule has 6 heteroatoms. The maximum atomic E-state index is 12.4. The van der Waals surface area contributed by atoms with E-state index in [4.69, 9.17) is 9.72 Å². The Morgan fingerprint density at radius 2 is 1.87 bits per heavy atom. The van der Waals surface area contributed by atoms with E-state index in [1.165, 1.54) is 11.9 Å². The van der Waals surface area contributed by atoms with Gasteiger partial charge in [0.25, 0.3) is 0 Å². The summed E-state index contributed by atoms with van der Waals surface area (Å²) in [6.45, 7) is 1.51. The van der Waals surface area contributed by atoms with Crippen LogP contribution in [-0.4, -0.2) is 26.8 Å². The second-order valence-corrected chi connectivity index (χ2v) is 7.91. The van der Waals surface area contributed by atoms with Crippen LogP contribution in [0.5, 0.6) is 0 Å². The van der Waals surface area contributed by atoms with Gasteiger partial charge >= 0.3 is 0 Å². The molecule has 6 nitrogen and oxygen atoms in total. The monoisotopic (exact) mass is 396 g/mol. The second-order valence-electron chi connectivity index (χ2n) is 7.91. The maximum absolute atomic E-state index is 12.4. The number of carbonyl (C=O) groups excluding carboxylic acids is 1. The Bertz CT molecular complexity index is 1340. The van der Waals surface area contributed by atoms with Crippen molar-refractivity contribution < 1.29 is 9.53 Å². The molecule has 6 rings (SSSR count). The molecule has 0 spiro atoms. The van der Waals surface area contributed by atoms with Crippen molar-refractivity contribution in [1.82, 2.24) is 15.0 Å². The molecular formula is C24H20N4O2. The highest BCUT2D eigenvalue weighted by Gasteiger charge is 2.36. The van der Waals surface area contributed by atoms with Crippen molar-refractivity contribution in [2.45, 2.75) is 31.9 Å². The molecule has 1 atom stereocenters. The van der Waals surface area contributed by atoms with Gasteiger partial charge in [0.1, 0.15) is 0 Å². The van der Waals surface area contributed by atoms with Crippen LogP contribution in [-0.2, 0) is 9.53 Å². The molecule has 1 aliphatic heterocycles. The van der Waals surface area contributed by atoms with E-state index in [1.807, 2.05) is 54.7 Å². The molecule has 148 valence electrons. The SMILES string of the molecule is CC(=O)N1N=C(c2cc(C3CC3)nc3ccccc23)OC1c1c[nH]c2ccccc12. The van der Waals surface area contributed by atoms with E-state index in [9.17, 15) is 4.79 Å². The predicted molar refractivity (Wildman–Crippen MR) is 115 cm³/mol. The molecule has 2 aromatic heterocycles. The van der Waals surface area contributed by atoms with Crippen LogP contribution in [0.4, 0.5) is 0 Å². The number of aromatic amines is 1. The fraction of sp³-hybridized carbons (Fsp3) is 0.208. The zero-order chi connectivity index (χ0) is 20.2. The van der Waals surface area contributed by atoms with Crippen molar-refractivity contribution in [3.63, 3.8) is 0 Å². The summed E-state index contributed by atoms with van der Waals surface area (Å²) >= 11 is 0. The van der Waals surface area contributed by atoms with Gasteiger partial charge in [-0.05, 0) is 31.0 Å². The summed E-state index contributed by atoms with van der Waals surface area (Å²) < 4.78 is 6.34. The van der Waals surface area contributed by atoms with Crippen molar-refractivity contribution in [3.05, 3.63) is 77.6 Å². The van der Waals surface area contributed by atoms with Crippen LogP contribution < -0.4 is 0 Å². The fourth-order valence-corrected chi connectivity index (χ4v) is 4.14. The van der Waals surface area contributed by atoms with E-state index in [0.717, 1.165) is 51.5 Å². The average Bonchev–Trinajstić information content (AvgIpc) is 3.38. The van der Waals surface area contributed by atoms with Crippen molar-refractivity contribution in [2.75, 3.05) is 0 Å². The molecule has 2 aromatic carbocycles. The van der Waals surface area contributed by atoms with Crippen LogP contribution in [0.15, 0.2) is 65.9 Å². The van der Waals surface area contributed by atoms with Crippen LogP contribution in [0, 0.1) is 0 Å². The third-order valence-corrected chi connectivity index (χ3v) is 5.82. The number of carbonyl (C=O) groups is 1. The lowest BCUT2D eigenvalue weighted by atomic mass is 10.1. The normalized spacial score (nSPS) is 18.6. The molecule has 2 aliphatic rings.